The second-order valence-corrected chi connectivity index (χ2v) is 7.12. The third-order valence-corrected chi connectivity index (χ3v) is 4.67. The van der Waals surface area contributed by atoms with E-state index in [2.05, 4.69) is 10.6 Å². The quantitative estimate of drug-likeness (QED) is 0.393. The van der Waals surface area contributed by atoms with E-state index in [0.717, 1.165) is 5.56 Å². The van der Waals surface area contributed by atoms with Gasteiger partial charge in [0.2, 0.25) is 0 Å². The van der Waals surface area contributed by atoms with E-state index in [1.807, 2.05) is 39.0 Å². The lowest BCUT2D eigenvalue weighted by Gasteiger charge is -2.19. The number of halogens is 1. The molecule has 30 heavy (non-hydrogen) atoms. The molecular weight excluding hydrogens is 424 g/mol. The summed E-state index contributed by atoms with van der Waals surface area (Å²) in [6.07, 6.45) is 0. The molecular formula is C22H27ClN2O4S. The largest absolute Gasteiger partial charge is 0.490 e. The Hall–Kier alpha value is -2.51. The summed E-state index contributed by atoms with van der Waals surface area (Å²) in [5.74, 6) is 0.960. The lowest BCUT2D eigenvalue weighted by atomic mass is 10.1. The van der Waals surface area contributed by atoms with Crippen molar-refractivity contribution in [1.29, 1.82) is 0 Å². The van der Waals surface area contributed by atoms with Crippen LogP contribution in [0.5, 0.6) is 11.5 Å². The van der Waals surface area contributed by atoms with Gasteiger partial charge in [-0.2, -0.15) is 0 Å². The van der Waals surface area contributed by atoms with E-state index in [1.54, 1.807) is 25.1 Å². The second-order valence-electron chi connectivity index (χ2n) is 6.31. The third-order valence-electron chi connectivity index (χ3n) is 4.14. The molecule has 0 aliphatic heterocycles. The number of esters is 1. The number of benzene rings is 2. The summed E-state index contributed by atoms with van der Waals surface area (Å²) in [6.45, 7) is 9.01. The maximum atomic E-state index is 11.9. The van der Waals surface area contributed by atoms with Crippen LogP contribution in [0.3, 0.4) is 0 Å². The molecule has 0 amide bonds. The van der Waals surface area contributed by atoms with Gasteiger partial charge in [-0.1, -0.05) is 17.7 Å². The first kappa shape index (κ1) is 23.8. The third kappa shape index (κ3) is 6.50. The molecule has 2 aromatic carbocycles. The van der Waals surface area contributed by atoms with E-state index in [9.17, 15) is 4.79 Å². The number of carbonyl (C=O) groups excluding carboxylic acids is 1. The Bertz CT molecular complexity index is 891. The van der Waals surface area contributed by atoms with Gasteiger partial charge >= 0.3 is 5.97 Å². The van der Waals surface area contributed by atoms with Crippen molar-refractivity contribution >= 4 is 40.6 Å². The molecule has 0 spiro atoms. The van der Waals surface area contributed by atoms with Crippen molar-refractivity contribution < 1.29 is 19.0 Å². The summed E-state index contributed by atoms with van der Waals surface area (Å²) >= 11 is 11.6. The van der Waals surface area contributed by atoms with Crippen LogP contribution < -0.4 is 20.1 Å². The first-order valence-corrected chi connectivity index (χ1v) is 10.6. The molecule has 0 aliphatic rings. The minimum absolute atomic E-state index is 0.0749. The zero-order valence-electron chi connectivity index (χ0n) is 17.6. The smallest absolute Gasteiger partial charge is 0.339 e. The zero-order valence-corrected chi connectivity index (χ0v) is 19.2. The van der Waals surface area contributed by atoms with Crippen LogP contribution in [0.4, 0.5) is 5.69 Å². The van der Waals surface area contributed by atoms with Crippen LogP contribution in [0.2, 0.25) is 5.02 Å². The van der Waals surface area contributed by atoms with Crippen molar-refractivity contribution in [3.63, 3.8) is 0 Å². The molecule has 2 aromatic rings. The summed E-state index contributed by atoms with van der Waals surface area (Å²) in [7, 11) is 0. The van der Waals surface area contributed by atoms with Crippen LogP contribution in [0, 0.1) is 0 Å². The normalized spacial score (nSPS) is 11.4. The van der Waals surface area contributed by atoms with Crippen molar-refractivity contribution in [2.45, 2.75) is 33.7 Å². The zero-order chi connectivity index (χ0) is 22.1. The molecule has 0 fully saturated rings. The number of rotatable bonds is 9. The van der Waals surface area contributed by atoms with Crippen molar-refractivity contribution in [2.24, 2.45) is 0 Å². The highest BCUT2D eigenvalue weighted by molar-refractivity contribution is 7.80. The Kier molecular flexibility index (Phi) is 9.20. The molecule has 2 rings (SSSR count). The average molecular weight is 451 g/mol. The fourth-order valence-corrected chi connectivity index (χ4v) is 3.30. The lowest BCUT2D eigenvalue weighted by Crippen LogP contribution is -2.31. The molecule has 0 bridgehead atoms. The Morgan fingerprint density at radius 1 is 1.03 bits per heavy atom. The first-order valence-electron chi connectivity index (χ1n) is 9.83. The standard InChI is InChI=1S/C22H27ClN2O4S/c1-5-27-19-11-8-15(12-20(19)28-6-2)14(4)24-22(30)25-16-9-10-17(18(23)13-16)21(26)29-7-3/h8-14H,5-7H2,1-4H3,(H2,24,25,30). The van der Waals surface area contributed by atoms with Crippen LogP contribution >= 0.6 is 23.8 Å². The Balaban J connectivity index is 2.04. The van der Waals surface area contributed by atoms with Gasteiger partial charge < -0.3 is 24.8 Å². The summed E-state index contributed by atoms with van der Waals surface area (Å²) in [4.78, 5) is 11.9. The fraction of sp³-hybridized carbons (Fsp3) is 0.364. The SMILES string of the molecule is CCOC(=O)c1ccc(NC(=S)NC(C)c2ccc(OCC)c(OCC)c2)cc1Cl. The maximum Gasteiger partial charge on any atom is 0.339 e. The lowest BCUT2D eigenvalue weighted by molar-refractivity contribution is 0.0526. The molecule has 6 nitrogen and oxygen atoms in total. The van der Waals surface area contributed by atoms with Crippen molar-refractivity contribution in [1.82, 2.24) is 5.32 Å². The monoisotopic (exact) mass is 450 g/mol. The number of hydrogen-bond donors (Lipinski definition) is 2. The van der Waals surface area contributed by atoms with Crippen molar-refractivity contribution in [3.05, 3.63) is 52.5 Å². The molecule has 0 aromatic heterocycles. The number of thiocarbonyl (C=S) groups is 1. The number of hydrogen-bond acceptors (Lipinski definition) is 5. The summed E-state index contributed by atoms with van der Waals surface area (Å²) in [5, 5.41) is 7.03. The predicted octanol–water partition coefficient (Wildman–Crippen LogP) is 5.36. The molecule has 1 atom stereocenters. The Morgan fingerprint density at radius 2 is 1.73 bits per heavy atom. The average Bonchev–Trinajstić information content (AvgIpc) is 2.69. The molecule has 0 saturated heterocycles. The molecule has 1 unspecified atom stereocenters. The van der Waals surface area contributed by atoms with Gasteiger partial charge in [0.05, 0.1) is 36.4 Å². The van der Waals surface area contributed by atoms with Crippen LogP contribution in [-0.2, 0) is 4.74 Å². The van der Waals surface area contributed by atoms with E-state index in [-0.39, 0.29) is 12.6 Å². The summed E-state index contributed by atoms with van der Waals surface area (Å²) in [6, 6.07) is 10.7. The van der Waals surface area contributed by atoms with Gasteiger partial charge in [0.15, 0.2) is 16.6 Å². The molecule has 0 aliphatic carbocycles. The number of carbonyl (C=O) groups is 1. The van der Waals surface area contributed by atoms with Gasteiger partial charge in [-0.05, 0) is 75.8 Å². The van der Waals surface area contributed by atoms with Crippen molar-refractivity contribution in [2.75, 3.05) is 25.1 Å². The molecule has 2 N–H and O–H groups in total. The van der Waals surface area contributed by atoms with Crippen LogP contribution in [0.15, 0.2) is 36.4 Å². The predicted molar refractivity (Wildman–Crippen MR) is 124 cm³/mol. The first-order chi connectivity index (χ1) is 14.4. The highest BCUT2D eigenvalue weighted by atomic mass is 35.5. The van der Waals surface area contributed by atoms with Crippen LogP contribution in [0.1, 0.15) is 49.7 Å². The van der Waals surface area contributed by atoms with Gasteiger partial charge in [-0.3, -0.25) is 0 Å². The van der Waals surface area contributed by atoms with E-state index in [4.69, 9.17) is 38.0 Å². The molecule has 0 heterocycles. The summed E-state index contributed by atoms with van der Waals surface area (Å²) in [5.41, 5.74) is 1.98. The fourth-order valence-electron chi connectivity index (χ4n) is 2.75. The molecule has 0 radical (unpaired) electrons. The minimum Gasteiger partial charge on any atom is -0.490 e. The Morgan fingerprint density at radius 3 is 2.37 bits per heavy atom. The number of ether oxygens (including phenoxy) is 3. The molecule has 8 heteroatoms. The van der Waals surface area contributed by atoms with Gasteiger partial charge in [0.1, 0.15) is 0 Å². The number of nitrogens with one attached hydrogen (secondary N) is 2. The van der Waals surface area contributed by atoms with E-state index >= 15 is 0 Å². The number of anilines is 1. The highest BCUT2D eigenvalue weighted by Gasteiger charge is 2.14. The molecule has 0 saturated carbocycles. The van der Waals surface area contributed by atoms with E-state index < -0.39 is 5.97 Å². The van der Waals surface area contributed by atoms with Gasteiger partial charge in [0, 0.05) is 5.69 Å². The van der Waals surface area contributed by atoms with Crippen LogP contribution in [0.25, 0.3) is 0 Å². The van der Waals surface area contributed by atoms with Gasteiger partial charge in [-0.25, -0.2) is 4.79 Å². The van der Waals surface area contributed by atoms with Crippen molar-refractivity contribution in [3.8, 4) is 11.5 Å². The highest BCUT2D eigenvalue weighted by Crippen LogP contribution is 2.31. The second kappa shape index (κ2) is 11.6. The van der Waals surface area contributed by atoms with Crippen LogP contribution in [-0.4, -0.2) is 30.9 Å². The topological polar surface area (TPSA) is 68.8 Å². The van der Waals surface area contributed by atoms with Gasteiger partial charge in [0.25, 0.3) is 0 Å². The minimum atomic E-state index is -0.455. The van der Waals surface area contributed by atoms with Gasteiger partial charge in [-0.15, -0.1) is 0 Å². The molecule has 162 valence electrons. The van der Waals surface area contributed by atoms with E-state index in [1.165, 1.54) is 0 Å². The maximum absolute atomic E-state index is 11.9. The Labute approximate surface area is 187 Å². The van der Waals surface area contributed by atoms with E-state index in [0.29, 0.717) is 46.1 Å². The summed E-state index contributed by atoms with van der Waals surface area (Å²) < 4.78 is 16.3.